The lowest BCUT2D eigenvalue weighted by Crippen LogP contribution is -2.12. The van der Waals surface area contributed by atoms with Gasteiger partial charge >= 0.3 is 5.97 Å². The summed E-state index contributed by atoms with van der Waals surface area (Å²) in [5, 5.41) is 4.24. The van der Waals surface area contributed by atoms with Gasteiger partial charge in [0.25, 0.3) is 0 Å². The van der Waals surface area contributed by atoms with E-state index in [0.29, 0.717) is 53.4 Å². The minimum Gasteiger partial charge on any atom is -0.497 e. The molecule has 198 valence electrons. The molecule has 1 aliphatic rings. The normalized spacial score (nSPS) is 14.0. The van der Waals surface area contributed by atoms with Gasteiger partial charge in [-0.3, -0.25) is 4.89 Å². The maximum atomic E-state index is 14.7. The second kappa shape index (κ2) is 12.2. The highest BCUT2D eigenvalue weighted by Crippen LogP contribution is 2.45. The van der Waals surface area contributed by atoms with E-state index < -0.39 is 5.82 Å². The third-order valence-electron chi connectivity index (χ3n) is 6.41. The Morgan fingerprint density at radius 3 is 2.68 bits per heavy atom. The molecule has 0 amide bonds. The highest BCUT2D eigenvalue weighted by Gasteiger charge is 2.34. The standard InChI is InChI=1S/C29H34FNO6/c1-5-35-37-28(32)16-23(19-9-10-19)20-7-6-8-22(14-20)34-17-27-25(13-18(2)3)29(36-31-27)24-15-21(33-4)11-12-26(24)30/h6-8,11-12,14-15,18-19,23H,5,9-10,13,16-17H2,1-4H3/t23-/m0/s1. The summed E-state index contributed by atoms with van der Waals surface area (Å²) in [6, 6.07) is 12.3. The quantitative estimate of drug-likeness (QED) is 0.188. The first-order chi connectivity index (χ1) is 17.9. The number of hydrogen-bond acceptors (Lipinski definition) is 7. The lowest BCUT2D eigenvalue weighted by Gasteiger charge is -2.17. The number of rotatable bonds is 13. The second-order valence-electron chi connectivity index (χ2n) is 9.75. The van der Waals surface area contributed by atoms with Crippen molar-refractivity contribution in [3.05, 3.63) is 65.1 Å². The lowest BCUT2D eigenvalue weighted by molar-refractivity contribution is -0.270. The molecule has 0 unspecified atom stereocenters. The topological polar surface area (TPSA) is 80.0 Å². The van der Waals surface area contributed by atoms with E-state index in [1.807, 2.05) is 24.3 Å². The van der Waals surface area contributed by atoms with Crippen LogP contribution >= 0.6 is 0 Å². The number of aromatic nitrogens is 1. The average Bonchev–Trinajstić information content (AvgIpc) is 3.66. The number of halogens is 1. The molecular weight excluding hydrogens is 477 g/mol. The van der Waals surface area contributed by atoms with Crippen LogP contribution in [0.25, 0.3) is 11.3 Å². The maximum Gasteiger partial charge on any atom is 0.342 e. The zero-order chi connectivity index (χ0) is 26.4. The molecule has 3 aromatic rings. The number of benzene rings is 2. The summed E-state index contributed by atoms with van der Waals surface area (Å²) in [4.78, 5) is 21.8. The molecule has 2 aromatic carbocycles. The van der Waals surface area contributed by atoms with Crippen molar-refractivity contribution in [3.63, 3.8) is 0 Å². The Labute approximate surface area is 216 Å². The van der Waals surface area contributed by atoms with E-state index in [1.165, 1.54) is 13.2 Å². The molecule has 0 N–H and O–H groups in total. The van der Waals surface area contributed by atoms with Crippen LogP contribution in [0.4, 0.5) is 4.39 Å². The van der Waals surface area contributed by atoms with Gasteiger partial charge in [-0.1, -0.05) is 31.1 Å². The summed E-state index contributed by atoms with van der Waals surface area (Å²) in [7, 11) is 1.54. The van der Waals surface area contributed by atoms with Crippen LogP contribution in [-0.2, 0) is 27.6 Å². The second-order valence-corrected chi connectivity index (χ2v) is 9.75. The Morgan fingerprint density at radius 1 is 1.16 bits per heavy atom. The summed E-state index contributed by atoms with van der Waals surface area (Å²) in [5.41, 5.74) is 2.76. The average molecular weight is 512 g/mol. The minimum absolute atomic E-state index is 0.0442. The lowest BCUT2D eigenvalue weighted by atomic mass is 9.91. The van der Waals surface area contributed by atoms with Crippen molar-refractivity contribution >= 4 is 5.97 Å². The van der Waals surface area contributed by atoms with Gasteiger partial charge in [-0.2, -0.15) is 4.89 Å². The number of nitrogens with zero attached hydrogens (tertiary/aromatic N) is 1. The van der Waals surface area contributed by atoms with Crippen molar-refractivity contribution in [1.82, 2.24) is 5.16 Å². The maximum absolute atomic E-state index is 14.7. The van der Waals surface area contributed by atoms with E-state index in [-0.39, 0.29) is 24.9 Å². The zero-order valence-electron chi connectivity index (χ0n) is 21.8. The number of hydrogen-bond donors (Lipinski definition) is 0. The summed E-state index contributed by atoms with van der Waals surface area (Å²) in [6.45, 7) is 6.42. The van der Waals surface area contributed by atoms with Crippen LogP contribution in [0.5, 0.6) is 11.5 Å². The van der Waals surface area contributed by atoms with Crippen molar-refractivity contribution < 1.29 is 33.0 Å². The van der Waals surface area contributed by atoms with E-state index in [2.05, 4.69) is 19.0 Å². The monoisotopic (exact) mass is 511 g/mol. The molecule has 1 atom stereocenters. The van der Waals surface area contributed by atoms with Crippen molar-refractivity contribution in [2.45, 2.75) is 59.0 Å². The smallest absolute Gasteiger partial charge is 0.342 e. The fourth-order valence-corrected chi connectivity index (χ4v) is 4.47. The molecule has 8 heteroatoms. The molecule has 37 heavy (non-hydrogen) atoms. The van der Waals surface area contributed by atoms with Gasteiger partial charge in [-0.25, -0.2) is 9.18 Å². The molecule has 7 nitrogen and oxygen atoms in total. The molecule has 4 rings (SSSR count). The summed E-state index contributed by atoms with van der Waals surface area (Å²) >= 11 is 0. The van der Waals surface area contributed by atoms with Crippen molar-refractivity contribution in [2.75, 3.05) is 13.7 Å². The molecule has 1 heterocycles. The molecule has 0 saturated heterocycles. The van der Waals surface area contributed by atoms with E-state index in [9.17, 15) is 9.18 Å². The largest absolute Gasteiger partial charge is 0.497 e. The van der Waals surface area contributed by atoms with E-state index in [1.54, 1.807) is 19.1 Å². The van der Waals surface area contributed by atoms with Gasteiger partial charge in [0.05, 0.1) is 25.7 Å². The summed E-state index contributed by atoms with van der Waals surface area (Å²) in [5.74, 6) is 1.59. The predicted molar refractivity (Wildman–Crippen MR) is 136 cm³/mol. The van der Waals surface area contributed by atoms with Crippen LogP contribution in [0.1, 0.15) is 62.8 Å². The Bertz CT molecular complexity index is 1200. The highest BCUT2D eigenvalue weighted by molar-refractivity contribution is 5.70. The Morgan fingerprint density at radius 2 is 1.97 bits per heavy atom. The number of carbonyl (C=O) groups excluding carboxylic acids is 1. The first-order valence-corrected chi connectivity index (χ1v) is 12.8. The van der Waals surface area contributed by atoms with Gasteiger partial charge in [0.1, 0.15) is 29.6 Å². The molecule has 0 spiro atoms. The highest BCUT2D eigenvalue weighted by atomic mass is 19.1. The SMILES string of the molecule is CCOOC(=O)C[C@H](c1cccc(OCc2noc(-c3cc(OC)ccc3F)c2CC(C)C)c1)C1CC1. The van der Waals surface area contributed by atoms with Crippen molar-refractivity contribution in [3.8, 4) is 22.8 Å². The summed E-state index contributed by atoms with van der Waals surface area (Å²) < 4.78 is 31.7. The molecule has 1 aliphatic carbocycles. The molecule has 1 fully saturated rings. The van der Waals surface area contributed by atoms with Crippen LogP contribution in [0.15, 0.2) is 47.0 Å². The van der Waals surface area contributed by atoms with Gasteiger partial charge < -0.3 is 14.0 Å². The van der Waals surface area contributed by atoms with Gasteiger partial charge in [0.15, 0.2) is 5.76 Å². The molecule has 0 radical (unpaired) electrons. The van der Waals surface area contributed by atoms with Gasteiger partial charge in [-0.05, 0) is 79.8 Å². The van der Waals surface area contributed by atoms with Crippen molar-refractivity contribution in [2.24, 2.45) is 11.8 Å². The third kappa shape index (κ3) is 6.89. The fraction of sp³-hybridized carbons (Fsp3) is 0.448. The van der Waals surface area contributed by atoms with Crippen LogP contribution in [0.2, 0.25) is 0 Å². The molecular formula is C29H34FNO6. The Kier molecular flexibility index (Phi) is 8.82. The van der Waals surface area contributed by atoms with E-state index in [4.69, 9.17) is 23.8 Å². The van der Waals surface area contributed by atoms with Crippen molar-refractivity contribution in [1.29, 1.82) is 0 Å². The first-order valence-electron chi connectivity index (χ1n) is 12.8. The predicted octanol–water partition coefficient (Wildman–Crippen LogP) is 6.65. The molecule has 1 aromatic heterocycles. The fourth-order valence-electron chi connectivity index (χ4n) is 4.47. The van der Waals surface area contributed by atoms with Gasteiger partial charge in [-0.15, -0.1) is 0 Å². The van der Waals surface area contributed by atoms with E-state index in [0.717, 1.165) is 24.0 Å². The third-order valence-corrected chi connectivity index (χ3v) is 6.41. The zero-order valence-corrected chi connectivity index (χ0v) is 21.8. The Balaban J connectivity index is 1.53. The molecule has 0 bridgehead atoms. The van der Waals surface area contributed by atoms with Crippen LogP contribution in [0.3, 0.4) is 0 Å². The van der Waals surface area contributed by atoms with Crippen LogP contribution in [0, 0.1) is 17.7 Å². The number of carbonyl (C=O) groups is 1. The molecule has 1 saturated carbocycles. The van der Waals surface area contributed by atoms with Crippen LogP contribution < -0.4 is 9.47 Å². The number of methoxy groups -OCH3 is 1. The van der Waals surface area contributed by atoms with Gasteiger partial charge in [0, 0.05) is 5.56 Å². The number of ether oxygens (including phenoxy) is 2. The van der Waals surface area contributed by atoms with Gasteiger partial charge in [0.2, 0.25) is 0 Å². The summed E-state index contributed by atoms with van der Waals surface area (Å²) in [6.07, 6.45) is 3.07. The first kappa shape index (κ1) is 26.7. The minimum atomic E-state index is -0.406. The Hall–Kier alpha value is -3.39. The van der Waals surface area contributed by atoms with Crippen LogP contribution in [-0.4, -0.2) is 24.8 Å². The van der Waals surface area contributed by atoms with E-state index >= 15 is 0 Å². The molecule has 0 aliphatic heterocycles.